The van der Waals surface area contributed by atoms with Crippen molar-refractivity contribution in [2.75, 3.05) is 18.4 Å². The van der Waals surface area contributed by atoms with Crippen LogP contribution in [-0.4, -0.2) is 34.8 Å². The van der Waals surface area contributed by atoms with Crippen LogP contribution in [0, 0.1) is 0 Å². The summed E-state index contributed by atoms with van der Waals surface area (Å²) in [5.41, 5.74) is -0.264. The number of benzene rings is 2. The highest BCUT2D eigenvalue weighted by molar-refractivity contribution is 9.10. The van der Waals surface area contributed by atoms with Gasteiger partial charge in [0.1, 0.15) is 12.2 Å². The second-order valence-electron chi connectivity index (χ2n) is 6.27. The van der Waals surface area contributed by atoms with E-state index in [0.29, 0.717) is 4.47 Å². The molecule has 0 saturated heterocycles. The van der Waals surface area contributed by atoms with Crippen molar-refractivity contribution in [3.63, 3.8) is 0 Å². The average molecular weight is 468 g/mol. The van der Waals surface area contributed by atoms with Crippen molar-refractivity contribution in [1.29, 1.82) is 0 Å². The molecule has 0 spiro atoms. The summed E-state index contributed by atoms with van der Waals surface area (Å²) in [6.07, 6.45) is -4.60. The number of carbonyl (C=O) groups excluding carboxylic acids is 2. The van der Waals surface area contributed by atoms with Gasteiger partial charge in [-0.2, -0.15) is 13.2 Å². The number of rotatable bonds is 5. The quantitative estimate of drug-likeness (QED) is 0.551. The summed E-state index contributed by atoms with van der Waals surface area (Å²) >= 11 is 3.40. The average Bonchev–Trinajstić information content (AvgIpc) is 3.02. The van der Waals surface area contributed by atoms with Crippen molar-refractivity contribution in [3.8, 4) is 0 Å². The standard InChI is InChI=1S/C20H17BrF3N3O2/c1-2-27(19(29)18-17(21)12-7-3-5-9-14(12)26-18)11-16(28)25-15-10-6-4-8-13(15)20(22,23)24/h3-10,26H,2,11H2,1H3,(H,25,28). The molecule has 2 amide bonds. The van der Waals surface area contributed by atoms with Crippen molar-refractivity contribution in [2.45, 2.75) is 13.1 Å². The fourth-order valence-electron chi connectivity index (χ4n) is 2.94. The number of likely N-dealkylation sites (N-methyl/N-ethyl adjacent to an activating group) is 1. The number of nitrogens with one attached hydrogen (secondary N) is 2. The normalized spacial score (nSPS) is 11.5. The van der Waals surface area contributed by atoms with Gasteiger partial charge in [-0.15, -0.1) is 0 Å². The third-order valence-electron chi connectivity index (χ3n) is 4.37. The molecule has 9 heteroatoms. The van der Waals surface area contributed by atoms with E-state index in [-0.39, 0.29) is 24.5 Å². The molecule has 0 aliphatic rings. The molecular formula is C20H17BrF3N3O2. The van der Waals surface area contributed by atoms with E-state index in [1.54, 1.807) is 6.92 Å². The number of aromatic nitrogens is 1. The second kappa shape index (κ2) is 8.28. The van der Waals surface area contributed by atoms with E-state index in [1.165, 1.54) is 23.1 Å². The highest BCUT2D eigenvalue weighted by atomic mass is 79.9. The van der Waals surface area contributed by atoms with Crippen LogP contribution in [0.1, 0.15) is 23.0 Å². The lowest BCUT2D eigenvalue weighted by molar-refractivity contribution is -0.137. The SMILES string of the molecule is CCN(CC(=O)Nc1ccccc1C(F)(F)F)C(=O)c1[nH]c2ccccc2c1Br. The first-order valence-corrected chi connectivity index (χ1v) is 9.53. The van der Waals surface area contributed by atoms with Crippen LogP contribution < -0.4 is 5.32 Å². The highest BCUT2D eigenvalue weighted by Gasteiger charge is 2.33. The lowest BCUT2D eigenvalue weighted by atomic mass is 10.1. The highest BCUT2D eigenvalue weighted by Crippen LogP contribution is 2.34. The van der Waals surface area contributed by atoms with Crippen molar-refractivity contribution < 1.29 is 22.8 Å². The summed E-state index contributed by atoms with van der Waals surface area (Å²) in [5.74, 6) is -1.15. The number of halogens is 4. The molecule has 3 aromatic rings. The van der Waals surface area contributed by atoms with E-state index >= 15 is 0 Å². The summed E-state index contributed by atoms with van der Waals surface area (Å²) in [7, 11) is 0. The number of nitrogens with zero attached hydrogens (tertiary/aromatic N) is 1. The van der Waals surface area contributed by atoms with Crippen LogP contribution in [0.5, 0.6) is 0 Å². The molecule has 1 heterocycles. The van der Waals surface area contributed by atoms with Crippen molar-refractivity contribution in [2.24, 2.45) is 0 Å². The van der Waals surface area contributed by atoms with E-state index in [2.05, 4.69) is 26.2 Å². The summed E-state index contributed by atoms with van der Waals surface area (Å²) in [4.78, 5) is 29.5. The van der Waals surface area contributed by atoms with E-state index in [9.17, 15) is 22.8 Å². The first-order chi connectivity index (χ1) is 13.7. The van der Waals surface area contributed by atoms with E-state index in [1.807, 2.05) is 24.3 Å². The third-order valence-corrected chi connectivity index (χ3v) is 5.19. The maximum Gasteiger partial charge on any atom is 0.418 e. The van der Waals surface area contributed by atoms with Crippen molar-refractivity contribution in [1.82, 2.24) is 9.88 Å². The van der Waals surface area contributed by atoms with Crippen molar-refractivity contribution in [3.05, 3.63) is 64.3 Å². The zero-order valence-electron chi connectivity index (χ0n) is 15.3. The second-order valence-corrected chi connectivity index (χ2v) is 7.06. The fraction of sp³-hybridized carbons (Fsp3) is 0.200. The Hall–Kier alpha value is -2.81. The van der Waals surface area contributed by atoms with Crippen LogP contribution in [0.15, 0.2) is 53.0 Å². The smallest absolute Gasteiger partial charge is 0.350 e. The van der Waals surface area contributed by atoms with Crippen LogP contribution in [0.2, 0.25) is 0 Å². The first kappa shape index (κ1) is 20.9. The summed E-state index contributed by atoms with van der Waals surface area (Å²) in [6.45, 7) is 1.50. The van der Waals surface area contributed by atoms with Gasteiger partial charge in [0.25, 0.3) is 5.91 Å². The number of fused-ring (bicyclic) bond motifs is 1. The molecule has 3 rings (SSSR count). The maximum absolute atomic E-state index is 13.1. The summed E-state index contributed by atoms with van der Waals surface area (Å²) in [5, 5.41) is 3.07. The molecule has 0 aliphatic heterocycles. The van der Waals surface area contributed by atoms with Gasteiger partial charge >= 0.3 is 6.18 Å². The van der Waals surface area contributed by atoms with Crippen LogP contribution in [0.25, 0.3) is 10.9 Å². The van der Waals surface area contributed by atoms with Crippen LogP contribution in [0.3, 0.4) is 0 Å². The minimum absolute atomic E-state index is 0.203. The van der Waals surface area contributed by atoms with Crippen molar-refractivity contribution >= 4 is 44.3 Å². The van der Waals surface area contributed by atoms with Crippen LogP contribution in [-0.2, 0) is 11.0 Å². The number of para-hydroxylation sites is 2. The van der Waals surface area contributed by atoms with E-state index < -0.39 is 23.6 Å². The molecule has 0 fully saturated rings. The van der Waals surface area contributed by atoms with Gasteiger partial charge in [0.15, 0.2) is 0 Å². The van der Waals surface area contributed by atoms with Crippen LogP contribution >= 0.6 is 15.9 Å². The van der Waals surface area contributed by atoms with E-state index in [0.717, 1.165) is 17.0 Å². The molecule has 0 aliphatic carbocycles. The minimum Gasteiger partial charge on any atom is -0.350 e. The zero-order valence-corrected chi connectivity index (χ0v) is 16.9. The Balaban J connectivity index is 1.78. The molecular weight excluding hydrogens is 451 g/mol. The number of aromatic amines is 1. The lowest BCUT2D eigenvalue weighted by Crippen LogP contribution is -2.38. The Kier molecular flexibility index (Phi) is 5.97. The van der Waals surface area contributed by atoms with Gasteiger partial charge in [0.2, 0.25) is 5.91 Å². The number of amides is 2. The van der Waals surface area contributed by atoms with E-state index in [4.69, 9.17) is 0 Å². The molecule has 0 atom stereocenters. The van der Waals surface area contributed by atoms with Gasteiger partial charge in [0, 0.05) is 17.4 Å². The number of alkyl halides is 3. The molecule has 0 bridgehead atoms. The predicted octanol–water partition coefficient (Wildman–Crippen LogP) is 5.05. The number of anilines is 1. The zero-order chi connectivity index (χ0) is 21.2. The molecule has 29 heavy (non-hydrogen) atoms. The largest absolute Gasteiger partial charge is 0.418 e. The van der Waals surface area contributed by atoms with Gasteiger partial charge in [-0.05, 0) is 41.1 Å². The van der Waals surface area contributed by atoms with Crippen LogP contribution in [0.4, 0.5) is 18.9 Å². The number of hydrogen-bond donors (Lipinski definition) is 2. The molecule has 5 nitrogen and oxygen atoms in total. The Morgan fingerprint density at radius 2 is 1.76 bits per heavy atom. The maximum atomic E-state index is 13.1. The number of hydrogen-bond acceptors (Lipinski definition) is 2. The minimum atomic E-state index is -4.60. The van der Waals surface area contributed by atoms with Gasteiger partial charge in [0.05, 0.1) is 15.7 Å². The number of H-pyrrole nitrogens is 1. The lowest BCUT2D eigenvalue weighted by Gasteiger charge is -2.21. The molecule has 0 saturated carbocycles. The molecule has 152 valence electrons. The molecule has 2 aromatic carbocycles. The fourth-order valence-corrected chi connectivity index (χ4v) is 3.56. The third kappa shape index (κ3) is 4.45. The van der Waals surface area contributed by atoms with Gasteiger partial charge < -0.3 is 15.2 Å². The van der Waals surface area contributed by atoms with Gasteiger partial charge in [-0.1, -0.05) is 30.3 Å². The predicted molar refractivity (Wildman–Crippen MR) is 108 cm³/mol. The Labute approximate surface area is 173 Å². The molecule has 2 N–H and O–H groups in total. The Morgan fingerprint density at radius 3 is 2.41 bits per heavy atom. The first-order valence-electron chi connectivity index (χ1n) is 8.74. The summed E-state index contributed by atoms with van der Waals surface area (Å²) in [6, 6.07) is 12.0. The molecule has 1 aromatic heterocycles. The molecule has 0 unspecified atom stereocenters. The monoisotopic (exact) mass is 467 g/mol. The number of carbonyl (C=O) groups is 2. The Morgan fingerprint density at radius 1 is 1.10 bits per heavy atom. The van der Waals surface area contributed by atoms with Gasteiger partial charge in [-0.25, -0.2) is 0 Å². The topological polar surface area (TPSA) is 65.2 Å². The summed E-state index contributed by atoms with van der Waals surface area (Å²) < 4.78 is 39.9. The van der Waals surface area contributed by atoms with Gasteiger partial charge in [-0.3, -0.25) is 9.59 Å². The molecule has 0 radical (unpaired) electrons. The Bertz CT molecular complexity index is 1060.